The van der Waals surface area contributed by atoms with Gasteiger partial charge in [-0.15, -0.1) is 0 Å². The first kappa shape index (κ1) is 39.4. The molecule has 1 saturated carbocycles. The van der Waals surface area contributed by atoms with Crippen LogP contribution in [0, 0.1) is 5.82 Å². The fourth-order valence-electron chi connectivity index (χ4n) is 9.63. The van der Waals surface area contributed by atoms with Gasteiger partial charge in [0.25, 0.3) is 11.8 Å². The van der Waals surface area contributed by atoms with E-state index in [0.29, 0.717) is 36.9 Å². The molecule has 0 radical (unpaired) electrons. The highest BCUT2D eigenvalue weighted by Gasteiger charge is 2.45. The molecule has 5 amide bonds. The van der Waals surface area contributed by atoms with Crippen LogP contribution in [0.5, 0.6) is 0 Å². The van der Waals surface area contributed by atoms with Gasteiger partial charge in [-0.2, -0.15) is 0 Å². The molecule has 5 aliphatic rings. The normalized spacial score (nSPS) is 22.1. The van der Waals surface area contributed by atoms with E-state index in [9.17, 15) is 24.0 Å². The highest BCUT2D eigenvalue weighted by atomic mass is 19.1. The summed E-state index contributed by atoms with van der Waals surface area (Å²) in [6.45, 7) is 4.41. The minimum atomic E-state index is -1.10. The number of benzene rings is 3. The molecule has 16 nitrogen and oxygen atoms in total. The Morgan fingerprint density at radius 2 is 1.52 bits per heavy atom. The van der Waals surface area contributed by atoms with E-state index in [1.165, 1.54) is 6.07 Å². The lowest BCUT2D eigenvalue weighted by molar-refractivity contribution is -0.136. The summed E-state index contributed by atoms with van der Waals surface area (Å²) >= 11 is 0. The number of piperidine rings is 2. The summed E-state index contributed by atoms with van der Waals surface area (Å²) in [7, 11) is 0. The topological polar surface area (TPSA) is 178 Å². The molecular weight excluding hydrogens is 794 g/mol. The number of carbonyl (C=O) groups is 5. The first-order valence-electron chi connectivity index (χ1n) is 21.3. The van der Waals surface area contributed by atoms with Crippen LogP contribution in [0.15, 0.2) is 79.4 Å². The van der Waals surface area contributed by atoms with Crippen LogP contribution in [0.2, 0.25) is 0 Å². The molecule has 0 unspecified atom stereocenters. The summed E-state index contributed by atoms with van der Waals surface area (Å²) in [5, 5.41) is 8.77. The van der Waals surface area contributed by atoms with E-state index in [1.807, 2.05) is 53.7 Å². The summed E-state index contributed by atoms with van der Waals surface area (Å²) in [6, 6.07) is 20.3. The summed E-state index contributed by atoms with van der Waals surface area (Å²) < 4.78 is 17.6. The van der Waals surface area contributed by atoms with Crippen molar-refractivity contribution in [3.05, 3.63) is 102 Å². The number of nitrogens with one attached hydrogen (secondary N) is 3. The Labute approximate surface area is 356 Å². The van der Waals surface area contributed by atoms with Crippen molar-refractivity contribution in [1.82, 2.24) is 40.0 Å². The molecule has 17 heteroatoms. The minimum Gasteiger partial charge on any atom is -0.371 e. The molecule has 62 heavy (non-hydrogen) atoms. The summed E-state index contributed by atoms with van der Waals surface area (Å²) in [6.07, 6.45) is 7.41. The highest BCUT2D eigenvalue weighted by Crippen LogP contribution is 2.36. The van der Waals surface area contributed by atoms with Crippen LogP contribution < -0.4 is 25.8 Å². The number of hydrogen-bond acceptors (Lipinski definition) is 12. The van der Waals surface area contributed by atoms with Crippen molar-refractivity contribution < 1.29 is 28.4 Å². The van der Waals surface area contributed by atoms with Gasteiger partial charge in [0, 0.05) is 75.2 Å². The van der Waals surface area contributed by atoms with Gasteiger partial charge in [0.15, 0.2) is 17.0 Å². The van der Waals surface area contributed by atoms with E-state index in [1.54, 1.807) is 6.33 Å². The van der Waals surface area contributed by atoms with E-state index in [0.717, 1.165) is 85.4 Å². The molecule has 1 atom stereocenters. The van der Waals surface area contributed by atoms with Crippen LogP contribution in [0.3, 0.4) is 0 Å². The monoisotopic (exact) mass is 839 g/mol. The van der Waals surface area contributed by atoms with Gasteiger partial charge in [-0.05, 0) is 74.1 Å². The fourth-order valence-corrected chi connectivity index (χ4v) is 9.63. The molecule has 0 spiro atoms. The number of piperazine rings is 1. The summed E-state index contributed by atoms with van der Waals surface area (Å²) in [5.74, 6) is -2.42. The van der Waals surface area contributed by atoms with Crippen molar-refractivity contribution in [2.45, 2.75) is 69.1 Å². The Morgan fingerprint density at radius 1 is 0.790 bits per heavy atom. The average Bonchev–Trinajstić information content (AvgIpc) is 3.80. The van der Waals surface area contributed by atoms with E-state index < -0.39 is 35.5 Å². The Balaban J connectivity index is 0.700. The van der Waals surface area contributed by atoms with Crippen LogP contribution in [0.4, 0.5) is 27.3 Å². The second-order valence-corrected chi connectivity index (χ2v) is 16.8. The average molecular weight is 840 g/mol. The van der Waals surface area contributed by atoms with Gasteiger partial charge in [0.2, 0.25) is 17.7 Å². The predicted molar refractivity (Wildman–Crippen MR) is 227 cm³/mol. The third-order valence-electron chi connectivity index (χ3n) is 13.1. The molecule has 4 aliphatic heterocycles. The first-order chi connectivity index (χ1) is 30.2. The SMILES string of the molecule is O=C1CC[C@H](N2C(=O)c3cc(F)c(N4CCN(C5CCN(c6ccc(Nc7ncnc8c7ncn8C7CC(NC(=O)Cc8ccccc8)C7)cc6)CC5)CC4)cc3C2=O)C(=O)N1. The van der Waals surface area contributed by atoms with Crippen molar-refractivity contribution >= 4 is 63.6 Å². The standard InChI is InChI=1S/C45H46FN11O5/c46-35-23-33-34(45(62)57(44(33)61)36-10-11-38(58)52-43(36)60)24-37(35)55-18-16-54(17-19-55)31-12-14-53(15-13-31)30-8-6-28(7-9-30)51-41-40-42(48-25-47-41)56(26-49-40)32-21-29(22-32)50-39(59)20-27-4-2-1-3-5-27/h1-9,23-26,29,31-32,36H,10-22H2,(H,50,59)(H,47,48,51)(H,52,58,60)/t29?,32?,36-/m0/s1. The molecule has 6 heterocycles. The van der Waals surface area contributed by atoms with Crippen LogP contribution >= 0.6 is 0 Å². The van der Waals surface area contributed by atoms with Crippen LogP contribution in [0.25, 0.3) is 11.2 Å². The van der Waals surface area contributed by atoms with Gasteiger partial charge in [-0.3, -0.25) is 39.1 Å². The maximum absolute atomic E-state index is 15.5. The van der Waals surface area contributed by atoms with Gasteiger partial charge in [0.1, 0.15) is 18.2 Å². The maximum Gasteiger partial charge on any atom is 0.262 e. The molecule has 318 valence electrons. The minimum absolute atomic E-state index is 0.0190. The molecular formula is C45H46FN11O5. The Bertz CT molecular complexity index is 2560. The maximum atomic E-state index is 15.5. The number of aromatic nitrogens is 4. The van der Waals surface area contributed by atoms with Gasteiger partial charge in [-0.1, -0.05) is 30.3 Å². The number of hydrogen-bond donors (Lipinski definition) is 3. The Hall–Kier alpha value is -6.75. The van der Waals surface area contributed by atoms with Crippen molar-refractivity contribution in [3.63, 3.8) is 0 Å². The van der Waals surface area contributed by atoms with Gasteiger partial charge < -0.3 is 25.0 Å². The Kier molecular flexibility index (Phi) is 10.3. The second-order valence-electron chi connectivity index (χ2n) is 16.8. The number of fused-ring (bicyclic) bond motifs is 2. The van der Waals surface area contributed by atoms with Gasteiger partial charge in [0.05, 0.1) is 29.6 Å². The number of imidazole rings is 1. The summed E-state index contributed by atoms with van der Waals surface area (Å²) in [4.78, 5) is 84.5. The number of rotatable bonds is 10. The van der Waals surface area contributed by atoms with E-state index in [2.05, 4.69) is 57.4 Å². The number of nitrogens with zero attached hydrogens (tertiary/aromatic N) is 8. The zero-order chi connectivity index (χ0) is 42.5. The second kappa shape index (κ2) is 16.3. The molecule has 4 fully saturated rings. The zero-order valence-corrected chi connectivity index (χ0v) is 34.0. The number of anilines is 4. The van der Waals surface area contributed by atoms with Crippen molar-refractivity contribution in [2.75, 3.05) is 54.4 Å². The lowest BCUT2D eigenvalue weighted by Crippen LogP contribution is -2.54. The lowest BCUT2D eigenvalue weighted by Gasteiger charge is -2.44. The van der Waals surface area contributed by atoms with Crippen molar-refractivity contribution in [3.8, 4) is 0 Å². The first-order valence-corrected chi connectivity index (χ1v) is 21.3. The van der Waals surface area contributed by atoms with Crippen molar-refractivity contribution in [2.24, 2.45) is 0 Å². The third kappa shape index (κ3) is 7.50. The number of imide groups is 2. The van der Waals surface area contributed by atoms with Gasteiger partial charge >= 0.3 is 0 Å². The number of carbonyl (C=O) groups excluding carboxylic acids is 5. The quantitative estimate of drug-likeness (QED) is 0.173. The molecule has 0 bridgehead atoms. The van der Waals surface area contributed by atoms with E-state index >= 15 is 4.39 Å². The molecule has 3 N–H and O–H groups in total. The molecule has 10 rings (SSSR count). The Morgan fingerprint density at radius 3 is 2.24 bits per heavy atom. The molecule has 3 saturated heterocycles. The van der Waals surface area contributed by atoms with Crippen LogP contribution in [-0.4, -0.2) is 116 Å². The summed E-state index contributed by atoms with van der Waals surface area (Å²) in [5.41, 5.74) is 4.77. The third-order valence-corrected chi connectivity index (χ3v) is 13.1. The molecule has 3 aromatic carbocycles. The van der Waals surface area contributed by atoms with E-state index in [-0.39, 0.29) is 47.6 Å². The highest BCUT2D eigenvalue weighted by molar-refractivity contribution is 6.23. The number of halogens is 1. The smallest absolute Gasteiger partial charge is 0.262 e. The predicted octanol–water partition coefficient (Wildman–Crippen LogP) is 3.96. The van der Waals surface area contributed by atoms with Crippen LogP contribution in [-0.2, 0) is 20.8 Å². The van der Waals surface area contributed by atoms with E-state index in [4.69, 9.17) is 0 Å². The zero-order valence-electron chi connectivity index (χ0n) is 34.0. The fraction of sp³-hybridized carbons (Fsp3) is 0.378. The molecule has 1 aliphatic carbocycles. The largest absolute Gasteiger partial charge is 0.371 e. The number of amides is 5. The van der Waals surface area contributed by atoms with Gasteiger partial charge in [-0.25, -0.2) is 19.3 Å². The van der Waals surface area contributed by atoms with Crippen LogP contribution in [0.1, 0.15) is 70.8 Å². The molecule has 5 aromatic rings. The molecule has 2 aromatic heterocycles. The van der Waals surface area contributed by atoms with Crippen molar-refractivity contribution in [1.29, 1.82) is 0 Å². The lowest BCUT2D eigenvalue weighted by atomic mass is 9.86.